The first-order valence-corrected chi connectivity index (χ1v) is 8.58. The highest BCUT2D eigenvalue weighted by Crippen LogP contribution is 2.23. The summed E-state index contributed by atoms with van der Waals surface area (Å²) >= 11 is 0. The number of fused-ring (bicyclic) bond motifs is 2. The van der Waals surface area contributed by atoms with Gasteiger partial charge in [0.1, 0.15) is 30.1 Å². The third kappa shape index (κ3) is 4.08. The average molecular weight is 369 g/mol. The molecule has 0 saturated carbocycles. The zero-order chi connectivity index (χ0) is 19.4. The maximum Gasteiger partial charge on any atom is 0.305 e. The van der Waals surface area contributed by atoms with Crippen LogP contribution in [0.5, 0.6) is 5.75 Å². The summed E-state index contributed by atoms with van der Waals surface area (Å²) < 4.78 is 16.3. The van der Waals surface area contributed by atoms with Crippen LogP contribution in [0.25, 0.3) is 21.9 Å². The molecule has 0 unspecified atom stereocenters. The summed E-state index contributed by atoms with van der Waals surface area (Å²) in [6, 6.07) is 9.30. The minimum Gasteiger partial charge on any atom is -0.490 e. The molecule has 1 heterocycles. The standard InChI is InChI=1S/C20H19NO6/c1-2-3-18(22)26-9-8-25-13-5-7-16-15(11-13)19(23)14-6-4-12(20(21)24)10-17(14)27-16/h4-7,10-11H,2-3,8-9H2,1H3,(H2,21,24). The fourth-order valence-electron chi connectivity index (χ4n) is 2.67. The Morgan fingerprint density at radius 3 is 2.59 bits per heavy atom. The molecule has 0 aliphatic rings. The minimum atomic E-state index is -0.594. The third-order valence-corrected chi connectivity index (χ3v) is 4.00. The Bertz CT molecular complexity index is 1070. The van der Waals surface area contributed by atoms with E-state index in [1.807, 2.05) is 6.92 Å². The van der Waals surface area contributed by atoms with Gasteiger partial charge in [0, 0.05) is 12.0 Å². The summed E-state index contributed by atoms with van der Waals surface area (Å²) in [5, 5.41) is 0.702. The summed E-state index contributed by atoms with van der Waals surface area (Å²) in [4.78, 5) is 35.3. The van der Waals surface area contributed by atoms with E-state index in [1.54, 1.807) is 18.2 Å². The molecule has 3 aromatic rings. The summed E-state index contributed by atoms with van der Waals surface area (Å²) in [6.45, 7) is 2.22. The molecule has 0 aliphatic carbocycles. The smallest absolute Gasteiger partial charge is 0.305 e. The largest absolute Gasteiger partial charge is 0.490 e. The van der Waals surface area contributed by atoms with Crippen LogP contribution in [0.3, 0.4) is 0 Å². The second-order valence-corrected chi connectivity index (χ2v) is 5.98. The molecule has 0 aliphatic heterocycles. The topological polar surface area (TPSA) is 109 Å². The molecule has 27 heavy (non-hydrogen) atoms. The number of benzene rings is 2. The second-order valence-electron chi connectivity index (χ2n) is 5.98. The molecule has 7 nitrogen and oxygen atoms in total. The first-order valence-electron chi connectivity index (χ1n) is 8.58. The van der Waals surface area contributed by atoms with Gasteiger partial charge in [-0.1, -0.05) is 6.92 Å². The molecular weight excluding hydrogens is 350 g/mol. The molecule has 3 rings (SSSR count). The molecule has 1 amide bonds. The quantitative estimate of drug-likeness (QED) is 0.390. The number of nitrogens with two attached hydrogens (primary N) is 1. The van der Waals surface area contributed by atoms with Crippen LogP contribution in [0.2, 0.25) is 0 Å². The maximum atomic E-state index is 12.7. The lowest BCUT2D eigenvalue weighted by Crippen LogP contribution is -2.12. The van der Waals surface area contributed by atoms with Gasteiger partial charge in [0.15, 0.2) is 0 Å². The van der Waals surface area contributed by atoms with E-state index in [4.69, 9.17) is 19.6 Å². The molecular formula is C20H19NO6. The SMILES string of the molecule is CCCC(=O)OCCOc1ccc2oc3cc(C(N)=O)ccc3c(=O)c2c1. The average Bonchev–Trinajstić information content (AvgIpc) is 2.65. The maximum absolute atomic E-state index is 12.7. The van der Waals surface area contributed by atoms with Crippen molar-refractivity contribution >= 4 is 33.8 Å². The van der Waals surface area contributed by atoms with Crippen LogP contribution >= 0.6 is 0 Å². The van der Waals surface area contributed by atoms with Crippen molar-refractivity contribution in [2.24, 2.45) is 5.73 Å². The predicted octanol–water partition coefficient (Wildman–Crippen LogP) is 2.77. The van der Waals surface area contributed by atoms with Crippen LogP contribution in [-0.4, -0.2) is 25.1 Å². The van der Waals surface area contributed by atoms with E-state index in [9.17, 15) is 14.4 Å². The van der Waals surface area contributed by atoms with Gasteiger partial charge >= 0.3 is 5.97 Å². The Kier molecular flexibility index (Phi) is 5.40. The number of esters is 1. The number of carbonyl (C=O) groups is 2. The normalized spacial score (nSPS) is 10.9. The van der Waals surface area contributed by atoms with Crippen LogP contribution in [0.1, 0.15) is 30.1 Å². The van der Waals surface area contributed by atoms with Crippen molar-refractivity contribution in [2.45, 2.75) is 19.8 Å². The van der Waals surface area contributed by atoms with Crippen molar-refractivity contribution in [3.63, 3.8) is 0 Å². The Morgan fingerprint density at radius 1 is 1.04 bits per heavy atom. The third-order valence-electron chi connectivity index (χ3n) is 4.00. The lowest BCUT2D eigenvalue weighted by atomic mass is 10.1. The molecule has 1 aromatic heterocycles. The fraction of sp³-hybridized carbons (Fsp3) is 0.250. The Labute approximate surface area is 154 Å². The summed E-state index contributed by atoms with van der Waals surface area (Å²) in [5.74, 6) is -0.389. The van der Waals surface area contributed by atoms with E-state index in [0.29, 0.717) is 34.1 Å². The zero-order valence-electron chi connectivity index (χ0n) is 14.8. The summed E-state index contributed by atoms with van der Waals surface area (Å²) in [5.41, 5.74) is 5.96. The van der Waals surface area contributed by atoms with Gasteiger partial charge in [0.05, 0.1) is 10.8 Å². The molecule has 0 saturated heterocycles. The summed E-state index contributed by atoms with van der Waals surface area (Å²) in [7, 11) is 0. The number of hydrogen-bond donors (Lipinski definition) is 1. The predicted molar refractivity (Wildman–Crippen MR) is 99.9 cm³/mol. The highest BCUT2D eigenvalue weighted by molar-refractivity contribution is 5.98. The van der Waals surface area contributed by atoms with E-state index >= 15 is 0 Å². The van der Waals surface area contributed by atoms with Gasteiger partial charge < -0.3 is 19.6 Å². The molecule has 0 atom stereocenters. The van der Waals surface area contributed by atoms with E-state index in [-0.39, 0.29) is 30.2 Å². The monoisotopic (exact) mass is 369 g/mol. The number of primary amides is 1. The van der Waals surface area contributed by atoms with Crippen LogP contribution in [-0.2, 0) is 9.53 Å². The Hall–Kier alpha value is -3.35. The van der Waals surface area contributed by atoms with Crippen LogP contribution in [0.4, 0.5) is 0 Å². The summed E-state index contributed by atoms with van der Waals surface area (Å²) in [6.07, 6.45) is 1.11. The Morgan fingerprint density at radius 2 is 1.85 bits per heavy atom. The van der Waals surface area contributed by atoms with Crippen molar-refractivity contribution in [3.8, 4) is 5.75 Å². The lowest BCUT2D eigenvalue weighted by Gasteiger charge is -2.08. The zero-order valence-corrected chi connectivity index (χ0v) is 14.8. The first-order chi connectivity index (χ1) is 13.0. The van der Waals surface area contributed by atoms with Crippen LogP contribution in [0, 0.1) is 0 Å². The molecule has 0 spiro atoms. The number of hydrogen-bond acceptors (Lipinski definition) is 6. The molecule has 7 heteroatoms. The van der Waals surface area contributed by atoms with E-state index in [1.165, 1.54) is 18.2 Å². The highest BCUT2D eigenvalue weighted by atomic mass is 16.6. The van der Waals surface area contributed by atoms with E-state index < -0.39 is 5.91 Å². The minimum absolute atomic E-state index is 0.138. The molecule has 140 valence electrons. The van der Waals surface area contributed by atoms with Gasteiger partial charge in [0.25, 0.3) is 0 Å². The van der Waals surface area contributed by atoms with Crippen molar-refractivity contribution in [1.29, 1.82) is 0 Å². The second kappa shape index (κ2) is 7.90. The molecule has 2 N–H and O–H groups in total. The number of ether oxygens (including phenoxy) is 2. The molecule has 0 radical (unpaired) electrons. The van der Waals surface area contributed by atoms with Crippen molar-refractivity contribution < 1.29 is 23.5 Å². The van der Waals surface area contributed by atoms with Crippen molar-refractivity contribution in [1.82, 2.24) is 0 Å². The van der Waals surface area contributed by atoms with E-state index in [2.05, 4.69) is 0 Å². The van der Waals surface area contributed by atoms with E-state index in [0.717, 1.165) is 6.42 Å². The van der Waals surface area contributed by atoms with Crippen LogP contribution in [0.15, 0.2) is 45.6 Å². The van der Waals surface area contributed by atoms with Crippen molar-refractivity contribution in [3.05, 3.63) is 52.2 Å². The molecule has 0 bridgehead atoms. The van der Waals surface area contributed by atoms with Gasteiger partial charge in [0.2, 0.25) is 11.3 Å². The van der Waals surface area contributed by atoms with Gasteiger partial charge in [-0.3, -0.25) is 14.4 Å². The van der Waals surface area contributed by atoms with Gasteiger partial charge in [-0.15, -0.1) is 0 Å². The highest BCUT2D eigenvalue weighted by Gasteiger charge is 2.11. The number of carbonyl (C=O) groups excluding carboxylic acids is 2. The van der Waals surface area contributed by atoms with Gasteiger partial charge in [-0.05, 0) is 42.8 Å². The van der Waals surface area contributed by atoms with Gasteiger partial charge in [-0.2, -0.15) is 0 Å². The Balaban J connectivity index is 1.82. The molecule has 2 aromatic carbocycles. The van der Waals surface area contributed by atoms with Gasteiger partial charge in [-0.25, -0.2) is 0 Å². The fourth-order valence-corrected chi connectivity index (χ4v) is 2.67. The number of amides is 1. The van der Waals surface area contributed by atoms with Crippen molar-refractivity contribution in [2.75, 3.05) is 13.2 Å². The lowest BCUT2D eigenvalue weighted by molar-refractivity contribution is -0.144. The molecule has 0 fully saturated rings. The number of rotatable bonds is 7. The first kappa shape index (κ1) is 18.4. The van der Waals surface area contributed by atoms with Crippen LogP contribution < -0.4 is 15.9 Å².